The molecule has 0 bridgehead atoms. The van der Waals surface area contributed by atoms with Crippen molar-refractivity contribution in [2.45, 2.75) is 11.8 Å². The van der Waals surface area contributed by atoms with Gasteiger partial charge in [0.05, 0.1) is 0 Å². The third-order valence-corrected chi connectivity index (χ3v) is 5.05. The van der Waals surface area contributed by atoms with E-state index in [1.54, 1.807) is 24.3 Å². The first-order chi connectivity index (χ1) is 10.2. The highest BCUT2D eigenvalue weighted by atomic mass is 79.9. The number of alkyl halides is 4. The van der Waals surface area contributed by atoms with E-state index >= 15 is 0 Å². The van der Waals surface area contributed by atoms with E-state index in [9.17, 15) is 17.6 Å². The van der Waals surface area contributed by atoms with Crippen LogP contribution in [0, 0.1) is 0 Å². The molecule has 0 spiro atoms. The van der Waals surface area contributed by atoms with Gasteiger partial charge in [-0.25, -0.2) is 0 Å². The van der Waals surface area contributed by atoms with Crippen LogP contribution in [0.4, 0.5) is 17.6 Å². The van der Waals surface area contributed by atoms with Crippen molar-refractivity contribution in [1.29, 1.82) is 0 Å². The summed E-state index contributed by atoms with van der Waals surface area (Å²) in [5, 5.41) is 1.39. The van der Waals surface area contributed by atoms with Gasteiger partial charge in [0.1, 0.15) is 0 Å². The molecule has 4 rings (SSSR count). The Labute approximate surface area is 139 Å². The van der Waals surface area contributed by atoms with Crippen LogP contribution < -0.4 is 0 Å². The lowest BCUT2D eigenvalue weighted by molar-refractivity contribution is -0.251. The lowest BCUT2D eigenvalue weighted by Gasteiger charge is -2.40. The zero-order valence-electron chi connectivity index (χ0n) is 10.7. The van der Waals surface area contributed by atoms with Crippen molar-refractivity contribution in [3.05, 3.63) is 56.5 Å². The molecule has 3 aromatic rings. The van der Waals surface area contributed by atoms with E-state index in [1.165, 1.54) is 12.1 Å². The largest absolute Gasteiger partial charge is 0.340 e. The maximum atomic E-state index is 14.0. The average Bonchev–Trinajstić information content (AvgIpc) is 2.45. The SMILES string of the molecule is FC1(F)c2c(c3ccc(Br)cc3c3cc(Br)ccc23)C1(F)F. The Morgan fingerprint density at radius 1 is 0.591 bits per heavy atom. The van der Waals surface area contributed by atoms with Crippen molar-refractivity contribution >= 4 is 53.4 Å². The Morgan fingerprint density at radius 2 is 0.955 bits per heavy atom. The van der Waals surface area contributed by atoms with E-state index in [4.69, 9.17) is 0 Å². The van der Waals surface area contributed by atoms with Gasteiger partial charge in [0.15, 0.2) is 0 Å². The van der Waals surface area contributed by atoms with Crippen LogP contribution in [0.15, 0.2) is 45.3 Å². The summed E-state index contributed by atoms with van der Waals surface area (Å²) >= 11 is 6.60. The molecular formula is C16H6Br2F4. The number of rotatable bonds is 0. The van der Waals surface area contributed by atoms with Crippen molar-refractivity contribution in [2.24, 2.45) is 0 Å². The predicted octanol–water partition coefficient (Wildman–Crippen LogP) is 6.72. The van der Waals surface area contributed by atoms with Gasteiger partial charge >= 0.3 is 11.8 Å². The van der Waals surface area contributed by atoms with E-state index in [1.807, 2.05) is 0 Å². The molecule has 1 aliphatic carbocycles. The van der Waals surface area contributed by atoms with E-state index in [0.717, 1.165) is 0 Å². The van der Waals surface area contributed by atoms with Gasteiger partial charge in [0.2, 0.25) is 0 Å². The van der Waals surface area contributed by atoms with Crippen LogP contribution in [0.3, 0.4) is 0 Å². The van der Waals surface area contributed by atoms with Gasteiger partial charge in [-0.05, 0) is 45.8 Å². The van der Waals surface area contributed by atoms with Crippen LogP contribution >= 0.6 is 31.9 Å². The highest BCUT2D eigenvalue weighted by molar-refractivity contribution is 9.10. The van der Waals surface area contributed by atoms with Crippen molar-refractivity contribution in [2.75, 3.05) is 0 Å². The molecule has 0 N–H and O–H groups in total. The Kier molecular flexibility index (Phi) is 2.78. The molecule has 0 unspecified atom stereocenters. The minimum Gasteiger partial charge on any atom is -0.194 e. The zero-order chi connectivity index (χ0) is 15.9. The van der Waals surface area contributed by atoms with Crippen molar-refractivity contribution < 1.29 is 17.6 Å². The normalized spacial score (nSPS) is 18.3. The lowest BCUT2D eigenvalue weighted by Crippen LogP contribution is -2.47. The molecule has 0 amide bonds. The zero-order valence-corrected chi connectivity index (χ0v) is 13.9. The summed E-state index contributed by atoms with van der Waals surface area (Å²) in [6.07, 6.45) is 0. The maximum absolute atomic E-state index is 14.0. The molecule has 3 aromatic carbocycles. The summed E-state index contributed by atoms with van der Waals surface area (Å²) in [7, 11) is 0. The van der Waals surface area contributed by atoms with E-state index < -0.39 is 23.0 Å². The number of hydrogen-bond acceptors (Lipinski definition) is 0. The van der Waals surface area contributed by atoms with E-state index in [2.05, 4.69) is 31.9 Å². The molecule has 22 heavy (non-hydrogen) atoms. The minimum absolute atomic E-state index is 0.166. The van der Waals surface area contributed by atoms with Crippen LogP contribution in [-0.4, -0.2) is 0 Å². The summed E-state index contributed by atoms with van der Waals surface area (Å²) in [6.45, 7) is 0. The molecule has 1 aliphatic rings. The lowest BCUT2D eigenvalue weighted by atomic mass is 9.74. The van der Waals surface area contributed by atoms with Crippen LogP contribution in [0.25, 0.3) is 21.5 Å². The number of hydrogen-bond donors (Lipinski definition) is 0. The van der Waals surface area contributed by atoms with Crippen LogP contribution in [0.1, 0.15) is 11.1 Å². The third kappa shape index (κ3) is 1.57. The molecule has 0 atom stereocenters. The van der Waals surface area contributed by atoms with Crippen LogP contribution in [-0.2, 0) is 11.8 Å². The second-order valence-electron chi connectivity index (χ2n) is 5.28. The number of fused-ring (bicyclic) bond motifs is 6. The summed E-state index contributed by atoms with van der Waals surface area (Å²) in [5.74, 6) is -8.29. The summed E-state index contributed by atoms with van der Waals surface area (Å²) in [6, 6.07) is 9.44. The quantitative estimate of drug-likeness (QED) is 0.273. The average molecular weight is 434 g/mol. The van der Waals surface area contributed by atoms with Gasteiger partial charge in [-0.1, -0.05) is 44.0 Å². The molecule has 0 radical (unpaired) electrons. The fourth-order valence-corrected chi connectivity index (χ4v) is 3.81. The molecule has 6 heteroatoms. The smallest absolute Gasteiger partial charge is 0.194 e. The van der Waals surface area contributed by atoms with Crippen LogP contribution in [0.5, 0.6) is 0 Å². The van der Waals surface area contributed by atoms with Gasteiger partial charge in [-0.15, -0.1) is 0 Å². The Hall–Kier alpha value is -1.14. The molecule has 0 heterocycles. The number of halogens is 6. The Balaban J connectivity index is 2.31. The fraction of sp³-hybridized carbons (Fsp3) is 0.125. The van der Waals surface area contributed by atoms with Crippen LogP contribution in [0.2, 0.25) is 0 Å². The molecule has 0 saturated heterocycles. The molecule has 0 nitrogen and oxygen atoms in total. The van der Waals surface area contributed by atoms with Crippen molar-refractivity contribution in [3.63, 3.8) is 0 Å². The second kappa shape index (κ2) is 4.23. The molecule has 0 aliphatic heterocycles. The monoisotopic (exact) mass is 432 g/mol. The summed E-state index contributed by atoms with van der Waals surface area (Å²) < 4.78 is 57.3. The summed E-state index contributed by atoms with van der Waals surface area (Å²) in [5.41, 5.74) is -1.12. The topological polar surface area (TPSA) is 0 Å². The molecule has 0 aromatic heterocycles. The van der Waals surface area contributed by atoms with Crippen molar-refractivity contribution in [3.8, 4) is 0 Å². The Morgan fingerprint density at radius 3 is 1.32 bits per heavy atom. The molecular weight excluding hydrogens is 428 g/mol. The van der Waals surface area contributed by atoms with Gasteiger partial charge in [0.25, 0.3) is 0 Å². The van der Waals surface area contributed by atoms with Gasteiger partial charge in [-0.2, -0.15) is 17.6 Å². The second-order valence-corrected chi connectivity index (χ2v) is 7.11. The van der Waals surface area contributed by atoms with Gasteiger partial charge in [-0.3, -0.25) is 0 Å². The molecule has 112 valence electrons. The van der Waals surface area contributed by atoms with Gasteiger partial charge < -0.3 is 0 Å². The van der Waals surface area contributed by atoms with Crippen molar-refractivity contribution in [1.82, 2.24) is 0 Å². The Bertz CT molecular complexity index is 885. The highest BCUT2D eigenvalue weighted by Gasteiger charge is 2.70. The molecule has 0 saturated carbocycles. The first kappa shape index (κ1) is 14.5. The van der Waals surface area contributed by atoms with E-state index in [0.29, 0.717) is 19.7 Å². The standard InChI is InChI=1S/C16H6Br2F4/c17-7-1-3-9-11(5-7)12-6-8(18)2-4-10(12)14-13(9)15(19,20)16(14,21)22/h1-6H. The fourth-order valence-electron chi connectivity index (χ4n) is 3.09. The first-order valence-electron chi connectivity index (χ1n) is 6.36. The first-order valence-corrected chi connectivity index (χ1v) is 7.95. The summed E-state index contributed by atoms with van der Waals surface area (Å²) in [4.78, 5) is 0. The number of benzene rings is 3. The maximum Gasteiger partial charge on any atom is 0.340 e. The van der Waals surface area contributed by atoms with E-state index in [-0.39, 0.29) is 10.8 Å². The predicted molar refractivity (Wildman–Crippen MR) is 84.6 cm³/mol. The third-order valence-electron chi connectivity index (χ3n) is 4.06. The molecule has 0 fully saturated rings. The highest BCUT2D eigenvalue weighted by Crippen LogP contribution is 2.64. The van der Waals surface area contributed by atoms with Gasteiger partial charge in [0, 0.05) is 20.1 Å². The minimum atomic E-state index is -4.14.